The molecule has 2 N–H and O–H groups in total. The summed E-state index contributed by atoms with van der Waals surface area (Å²) >= 11 is 3.43. The van der Waals surface area contributed by atoms with Gasteiger partial charge < -0.3 is 10.6 Å². The van der Waals surface area contributed by atoms with Crippen LogP contribution in [-0.4, -0.2) is 17.0 Å². The fourth-order valence-corrected chi connectivity index (χ4v) is 2.13. The number of benzene rings is 1. The summed E-state index contributed by atoms with van der Waals surface area (Å²) in [4.78, 5) is 9.09. The molecule has 1 aromatic carbocycles. The largest absolute Gasteiger partial charge is 0.373 e. The van der Waals surface area contributed by atoms with Crippen LogP contribution in [0.5, 0.6) is 0 Å². The minimum Gasteiger partial charge on any atom is -0.373 e. The Balaban J connectivity index is 1.86. The van der Waals surface area contributed by atoms with Gasteiger partial charge in [-0.25, -0.2) is 9.97 Å². The van der Waals surface area contributed by atoms with Gasteiger partial charge in [0.25, 0.3) is 0 Å². The molecule has 0 radical (unpaired) electrons. The predicted octanol–water partition coefficient (Wildman–Crippen LogP) is 3.90. The minimum absolute atomic E-state index is 0.541. The second-order valence-electron chi connectivity index (χ2n) is 4.65. The van der Waals surface area contributed by atoms with E-state index in [-0.39, 0.29) is 0 Å². The van der Waals surface area contributed by atoms with E-state index in [2.05, 4.69) is 36.5 Å². The summed E-state index contributed by atoms with van der Waals surface area (Å²) in [6.07, 6.45) is 2.40. The van der Waals surface area contributed by atoms with Crippen molar-refractivity contribution in [3.05, 3.63) is 40.6 Å². The number of aromatic nitrogens is 2. The number of halogens is 1. The summed E-state index contributed by atoms with van der Waals surface area (Å²) < 4.78 is 1.07. The van der Waals surface area contributed by atoms with Crippen LogP contribution < -0.4 is 10.6 Å². The average molecular weight is 319 g/mol. The van der Waals surface area contributed by atoms with Crippen LogP contribution in [0.15, 0.2) is 34.8 Å². The maximum atomic E-state index is 4.59. The fourth-order valence-electron chi connectivity index (χ4n) is 1.86. The molecule has 5 heteroatoms. The van der Waals surface area contributed by atoms with E-state index in [1.54, 1.807) is 0 Å². The summed E-state index contributed by atoms with van der Waals surface area (Å²) in [5, 5.41) is 6.40. The van der Waals surface area contributed by atoms with E-state index in [1.807, 2.05) is 37.4 Å². The topological polar surface area (TPSA) is 49.8 Å². The molecular weight excluding hydrogens is 304 g/mol. The molecule has 1 aromatic heterocycles. The van der Waals surface area contributed by atoms with E-state index in [0.717, 1.165) is 27.6 Å². The van der Waals surface area contributed by atoms with Gasteiger partial charge in [0.1, 0.15) is 17.5 Å². The third-order valence-corrected chi connectivity index (χ3v) is 3.59. The van der Waals surface area contributed by atoms with Crippen LogP contribution in [0.25, 0.3) is 0 Å². The third kappa shape index (κ3) is 3.04. The highest BCUT2D eigenvalue weighted by Gasteiger charge is 2.27. The van der Waals surface area contributed by atoms with Crippen molar-refractivity contribution in [3.8, 4) is 0 Å². The molecule has 1 fully saturated rings. The van der Waals surface area contributed by atoms with Crippen LogP contribution in [-0.2, 0) is 0 Å². The van der Waals surface area contributed by atoms with Crippen molar-refractivity contribution in [2.75, 3.05) is 17.7 Å². The highest BCUT2D eigenvalue weighted by molar-refractivity contribution is 9.10. The number of hydrogen-bond acceptors (Lipinski definition) is 4. The molecule has 19 heavy (non-hydrogen) atoms. The van der Waals surface area contributed by atoms with Crippen molar-refractivity contribution in [1.29, 1.82) is 0 Å². The molecule has 2 aromatic rings. The Morgan fingerprint density at radius 3 is 2.42 bits per heavy atom. The first-order valence-corrected chi connectivity index (χ1v) is 7.13. The SMILES string of the molecule is CNc1cc(Nc2ccc(Br)cc2)nc(C2CC2)n1. The van der Waals surface area contributed by atoms with Crippen molar-refractivity contribution >= 4 is 33.3 Å². The van der Waals surface area contributed by atoms with Gasteiger partial charge in [0.05, 0.1) is 0 Å². The zero-order valence-electron chi connectivity index (χ0n) is 10.7. The number of rotatable bonds is 4. The Hall–Kier alpha value is -1.62. The maximum absolute atomic E-state index is 4.59. The molecule has 0 bridgehead atoms. The predicted molar refractivity (Wildman–Crippen MR) is 81.0 cm³/mol. The van der Waals surface area contributed by atoms with E-state index >= 15 is 0 Å². The standard InChI is InChI=1S/C14H15BrN4/c1-16-12-8-13(19-14(18-12)9-2-3-9)17-11-6-4-10(15)5-7-11/h4-9H,2-3H2,1H3,(H2,16,17,18,19). The molecule has 0 amide bonds. The van der Waals surface area contributed by atoms with Crippen molar-refractivity contribution in [1.82, 2.24) is 9.97 Å². The molecule has 4 nitrogen and oxygen atoms in total. The molecular formula is C14H15BrN4. The highest BCUT2D eigenvalue weighted by atomic mass is 79.9. The van der Waals surface area contributed by atoms with Gasteiger partial charge in [0.2, 0.25) is 0 Å². The summed E-state index contributed by atoms with van der Waals surface area (Å²) in [6, 6.07) is 9.96. The quantitative estimate of drug-likeness (QED) is 0.897. The molecule has 1 saturated carbocycles. The molecule has 0 saturated heterocycles. The monoisotopic (exact) mass is 318 g/mol. The van der Waals surface area contributed by atoms with Crippen LogP contribution in [0, 0.1) is 0 Å². The van der Waals surface area contributed by atoms with Crippen molar-refractivity contribution < 1.29 is 0 Å². The number of nitrogens with zero attached hydrogens (tertiary/aromatic N) is 2. The normalized spacial score (nSPS) is 14.2. The van der Waals surface area contributed by atoms with Gasteiger partial charge in [-0.2, -0.15) is 0 Å². The number of hydrogen-bond donors (Lipinski definition) is 2. The van der Waals surface area contributed by atoms with Crippen LogP contribution in [0.1, 0.15) is 24.6 Å². The van der Waals surface area contributed by atoms with Crippen molar-refractivity contribution in [3.63, 3.8) is 0 Å². The molecule has 1 aliphatic carbocycles. The Morgan fingerprint density at radius 1 is 1.11 bits per heavy atom. The first-order chi connectivity index (χ1) is 9.24. The molecule has 1 heterocycles. The van der Waals surface area contributed by atoms with E-state index in [0.29, 0.717) is 5.92 Å². The summed E-state index contributed by atoms with van der Waals surface area (Å²) in [6.45, 7) is 0. The molecule has 3 rings (SSSR count). The van der Waals surface area contributed by atoms with Gasteiger partial charge in [0, 0.05) is 29.2 Å². The molecule has 1 aliphatic rings. The van der Waals surface area contributed by atoms with E-state index in [4.69, 9.17) is 0 Å². The summed E-state index contributed by atoms with van der Waals surface area (Å²) in [5.74, 6) is 3.17. The van der Waals surface area contributed by atoms with Gasteiger partial charge >= 0.3 is 0 Å². The van der Waals surface area contributed by atoms with Crippen LogP contribution in [0.4, 0.5) is 17.3 Å². The first-order valence-electron chi connectivity index (χ1n) is 6.34. The average Bonchev–Trinajstić information content (AvgIpc) is 3.25. The molecule has 98 valence electrons. The zero-order chi connectivity index (χ0) is 13.2. The zero-order valence-corrected chi connectivity index (χ0v) is 12.2. The maximum Gasteiger partial charge on any atom is 0.136 e. The van der Waals surface area contributed by atoms with Gasteiger partial charge in [-0.1, -0.05) is 15.9 Å². The van der Waals surface area contributed by atoms with Gasteiger partial charge in [0.15, 0.2) is 0 Å². The summed E-state index contributed by atoms with van der Waals surface area (Å²) in [5.41, 5.74) is 1.02. The highest BCUT2D eigenvalue weighted by Crippen LogP contribution is 2.39. The Labute approximate surface area is 120 Å². The lowest BCUT2D eigenvalue weighted by Crippen LogP contribution is -2.03. The molecule has 0 unspecified atom stereocenters. The van der Waals surface area contributed by atoms with E-state index in [1.165, 1.54) is 12.8 Å². The first kappa shape index (κ1) is 12.4. The van der Waals surface area contributed by atoms with Gasteiger partial charge in [-0.05, 0) is 37.1 Å². The van der Waals surface area contributed by atoms with Crippen LogP contribution in [0.2, 0.25) is 0 Å². The lowest BCUT2D eigenvalue weighted by Gasteiger charge is -2.09. The lowest BCUT2D eigenvalue weighted by molar-refractivity contribution is 0.932. The Bertz CT molecular complexity index is 578. The smallest absolute Gasteiger partial charge is 0.136 e. The minimum atomic E-state index is 0.541. The Kier molecular flexibility index (Phi) is 3.38. The van der Waals surface area contributed by atoms with E-state index in [9.17, 15) is 0 Å². The lowest BCUT2D eigenvalue weighted by atomic mass is 10.3. The van der Waals surface area contributed by atoms with Crippen LogP contribution in [0.3, 0.4) is 0 Å². The number of nitrogens with one attached hydrogen (secondary N) is 2. The molecule has 0 atom stereocenters. The summed E-state index contributed by atoms with van der Waals surface area (Å²) in [7, 11) is 1.88. The van der Waals surface area contributed by atoms with Crippen molar-refractivity contribution in [2.24, 2.45) is 0 Å². The second kappa shape index (κ2) is 5.17. The van der Waals surface area contributed by atoms with Gasteiger partial charge in [-0.15, -0.1) is 0 Å². The second-order valence-corrected chi connectivity index (χ2v) is 5.57. The van der Waals surface area contributed by atoms with Crippen LogP contribution >= 0.6 is 15.9 Å². The van der Waals surface area contributed by atoms with Crippen molar-refractivity contribution in [2.45, 2.75) is 18.8 Å². The van der Waals surface area contributed by atoms with E-state index < -0.39 is 0 Å². The fraction of sp³-hybridized carbons (Fsp3) is 0.286. The third-order valence-electron chi connectivity index (χ3n) is 3.06. The van der Waals surface area contributed by atoms with Gasteiger partial charge in [-0.3, -0.25) is 0 Å². The molecule has 0 spiro atoms. The number of anilines is 3. The molecule has 0 aliphatic heterocycles. The Morgan fingerprint density at radius 2 is 1.79 bits per heavy atom.